The van der Waals surface area contributed by atoms with E-state index in [1.807, 2.05) is 0 Å². The number of rotatable bonds is 1. The van der Waals surface area contributed by atoms with Crippen LogP contribution in [0.4, 0.5) is 0 Å². The third-order valence-corrected chi connectivity index (χ3v) is 11.0. The summed E-state index contributed by atoms with van der Waals surface area (Å²) in [6.45, 7) is 2.38. The summed E-state index contributed by atoms with van der Waals surface area (Å²) >= 11 is 0. The van der Waals surface area contributed by atoms with Crippen molar-refractivity contribution in [1.82, 2.24) is 0 Å². The van der Waals surface area contributed by atoms with Gasteiger partial charge >= 0.3 is 5.97 Å². The second-order valence-corrected chi connectivity index (χ2v) is 11.5. The van der Waals surface area contributed by atoms with Crippen LogP contribution in [0.1, 0.15) is 77.6 Å². The summed E-state index contributed by atoms with van der Waals surface area (Å²) < 4.78 is 6.30. The molecule has 3 nitrogen and oxygen atoms in total. The van der Waals surface area contributed by atoms with Gasteiger partial charge < -0.3 is 4.74 Å². The van der Waals surface area contributed by atoms with Crippen LogP contribution in [0.15, 0.2) is 11.6 Å². The predicted molar refractivity (Wildman–Crippen MR) is 104 cm³/mol. The van der Waals surface area contributed by atoms with E-state index in [0.29, 0.717) is 29.5 Å². The largest absolute Gasteiger partial charge is 0.458 e. The molecule has 0 bridgehead atoms. The average Bonchev–Trinajstić information content (AvgIpc) is 3.60. The number of esters is 1. The number of fused-ring (bicyclic) bond motifs is 10. The zero-order valence-corrected chi connectivity index (χ0v) is 17.0. The molecule has 0 aromatic rings. The number of carbonyl (C=O) groups excluding carboxylic acids is 2. The molecule has 1 heterocycles. The van der Waals surface area contributed by atoms with Crippen LogP contribution in [-0.4, -0.2) is 17.4 Å². The lowest BCUT2D eigenvalue weighted by Crippen LogP contribution is -2.57. The maximum atomic E-state index is 12.3. The van der Waals surface area contributed by atoms with Gasteiger partial charge in [0.05, 0.1) is 0 Å². The number of hydrogen-bond acceptors (Lipinski definition) is 3. The highest BCUT2D eigenvalue weighted by molar-refractivity contribution is 5.91. The molecule has 6 fully saturated rings. The molecular formula is C25H32O3. The van der Waals surface area contributed by atoms with E-state index >= 15 is 0 Å². The fourth-order valence-corrected chi connectivity index (χ4v) is 9.92. The summed E-state index contributed by atoms with van der Waals surface area (Å²) in [5.74, 6) is 4.95. The van der Waals surface area contributed by atoms with Gasteiger partial charge in [0.2, 0.25) is 0 Å². The Bertz CT molecular complexity index is 822. The minimum Gasteiger partial charge on any atom is -0.458 e. The Kier molecular flexibility index (Phi) is 2.94. The topological polar surface area (TPSA) is 43.4 Å². The Labute approximate surface area is 167 Å². The number of ether oxygens (including phenoxy) is 1. The van der Waals surface area contributed by atoms with E-state index in [1.165, 1.54) is 44.9 Å². The Morgan fingerprint density at radius 3 is 2.61 bits per heavy atom. The standard InChI is InChI=1S/C25H32O3/c1-2-24-7-5-15-16-4-3-14(26)11-19(16)23(9-10-23)13-18(15)22(24)17-12-20(17)25(24)8-6-21(27)28-25/h11,15-18,20,22H,2-10,12-13H2,1H3/t15?,16-,17+,18?,20-,22?,24+,25+/m1/s1. The summed E-state index contributed by atoms with van der Waals surface area (Å²) in [6.07, 6.45) is 14.6. The van der Waals surface area contributed by atoms with Crippen molar-refractivity contribution in [3.05, 3.63) is 11.6 Å². The van der Waals surface area contributed by atoms with Crippen molar-refractivity contribution < 1.29 is 14.3 Å². The van der Waals surface area contributed by atoms with Gasteiger partial charge in [-0.1, -0.05) is 12.5 Å². The van der Waals surface area contributed by atoms with E-state index in [9.17, 15) is 9.59 Å². The van der Waals surface area contributed by atoms with Crippen LogP contribution in [-0.2, 0) is 14.3 Å². The molecule has 6 aliphatic carbocycles. The van der Waals surface area contributed by atoms with Crippen molar-refractivity contribution in [1.29, 1.82) is 0 Å². The van der Waals surface area contributed by atoms with Gasteiger partial charge in [-0.25, -0.2) is 0 Å². The lowest BCUT2D eigenvalue weighted by Gasteiger charge is -2.59. The van der Waals surface area contributed by atoms with Crippen LogP contribution >= 0.6 is 0 Å². The Hall–Kier alpha value is -1.12. The van der Waals surface area contributed by atoms with Gasteiger partial charge in [-0.05, 0) is 98.9 Å². The average molecular weight is 381 g/mol. The smallest absolute Gasteiger partial charge is 0.306 e. The van der Waals surface area contributed by atoms with Crippen molar-refractivity contribution in [3.63, 3.8) is 0 Å². The van der Waals surface area contributed by atoms with Crippen LogP contribution in [0.25, 0.3) is 0 Å². The Morgan fingerprint density at radius 2 is 1.89 bits per heavy atom. The molecule has 28 heavy (non-hydrogen) atoms. The molecule has 150 valence electrons. The maximum Gasteiger partial charge on any atom is 0.306 e. The number of carbonyl (C=O) groups is 2. The maximum absolute atomic E-state index is 12.3. The highest BCUT2D eigenvalue weighted by Crippen LogP contribution is 2.81. The van der Waals surface area contributed by atoms with Crippen molar-refractivity contribution >= 4 is 11.8 Å². The quantitative estimate of drug-likeness (QED) is 0.611. The van der Waals surface area contributed by atoms with Crippen LogP contribution in [0.2, 0.25) is 0 Å². The highest BCUT2D eigenvalue weighted by Gasteiger charge is 2.80. The molecule has 5 saturated carbocycles. The van der Waals surface area contributed by atoms with Gasteiger partial charge in [-0.2, -0.15) is 0 Å². The van der Waals surface area contributed by atoms with Gasteiger partial charge in [0.25, 0.3) is 0 Å². The van der Waals surface area contributed by atoms with Crippen LogP contribution in [0.5, 0.6) is 0 Å². The van der Waals surface area contributed by atoms with Gasteiger partial charge in [0, 0.05) is 24.2 Å². The molecule has 8 atom stereocenters. The predicted octanol–water partition coefficient (Wildman–Crippen LogP) is 4.84. The number of hydrogen-bond donors (Lipinski definition) is 0. The summed E-state index contributed by atoms with van der Waals surface area (Å²) in [5, 5.41) is 0. The molecule has 0 aromatic heterocycles. The van der Waals surface area contributed by atoms with E-state index in [0.717, 1.165) is 42.9 Å². The second kappa shape index (κ2) is 4.95. The molecule has 0 radical (unpaired) electrons. The second-order valence-electron chi connectivity index (χ2n) is 11.5. The molecule has 3 heteroatoms. The van der Waals surface area contributed by atoms with Gasteiger partial charge in [0.15, 0.2) is 5.78 Å². The first-order chi connectivity index (χ1) is 13.5. The van der Waals surface area contributed by atoms with Crippen LogP contribution in [0, 0.1) is 46.3 Å². The minimum absolute atomic E-state index is 0.0690. The molecule has 1 saturated heterocycles. The molecule has 7 aliphatic rings. The first-order valence-corrected chi connectivity index (χ1v) is 12.0. The van der Waals surface area contributed by atoms with Crippen molar-refractivity contribution in [2.45, 2.75) is 83.2 Å². The van der Waals surface area contributed by atoms with Crippen LogP contribution in [0.3, 0.4) is 0 Å². The Balaban J connectivity index is 1.32. The minimum atomic E-state index is -0.117. The fourth-order valence-electron chi connectivity index (χ4n) is 9.92. The summed E-state index contributed by atoms with van der Waals surface area (Å²) in [7, 11) is 0. The molecule has 1 aliphatic heterocycles. The highest BCUT2D eigenvalue weighted by atomic mass is 16.6. The molecule has 7 rings (SSSR count). The van der Waals surface area contributed by atoms with E-state index < -0.39 is 0 Å². The number of ketones is 1. The fraction of sp³-hybridized carbons (Fsp3) is 0.840. The molecule has 0 amide bonds. The van der Waals surface area contributed by atoms with E-state index in [4.69, 9.17) is 4.74 Å². The summed E-state index contributed by atoms with van der Waals surface area (Å²) in [6, 6.07) is 0. The third kappa shape index (κ3) is 1.72. The van der Waals surface area contributed by atoms with E-state index in [-0.39, 0.29) is 17.0 Å². The molecule has 3 unspecified atom stereocenters. The normalized spacial score (nSPS) is 54.5. The molecular weight excluding hydrogens is 348 g/mol. The third-order valence-electron chi connectivity index (χ3n) is 11.0. The van der Waals surface area contributed by atoms with Crippen molar-refractivity contribution in [2.75, 3.05) is 0 Å². The summed E-state index contributed by atoms with van der Waals surface area (Å²) in [4.78, 5) is 24.5. The zero-order chi connectivity index (χ0) is 18.9. The van der Waals surface area contributed by atoms with Gasteiger partial charge in [-0.3, -0.25) is 9.59 Å². The van der Waals surface area contributed by atoms with Crippen molar-refractivity contribution in [2.24, 2.45) is 46.3 Å². The first-order valence-electron chi connectivity index (χ1n) is 12.0. The number of allylic oxidation sites excluding steroid dienone is 1. The van der Waals surface area contributed by atoms with Gasteiger partial charge in [-0.15, -0.1) is 0 Å². The monoisotopic (exact) mass is 380 g/mol. The van der Waals surface area contributed by atoms with E-state index in [2.05, 4.69) is 13.0 Å². The van der Waals surface area contributed by atoms with E-state index in [1.54, 1.807) is 5.57 Å². The molecule has 0 N–H and O–H groups in total. The summed E-state index contributed by atoms with van der Waals surface area (Å²) in [5.41, 5.74) is 2.08. The zero-order valence-electron chi connectivity index (χ0n) is 17.0. The lowest BCUT2D eigenvalue weighted by molar-refractivity contribution is -0.180. The lowest BCUT2D eigenvalue weighted by atomic mass is 9.46. The SMILES string of the molecule is CC[C@]12CCC3C(CC4(CC4)C4=CC(=O)CC[C@@H]43)C1[C@H]1C[C@H]1[C@@]21CCC(=O)O1. The van der Waals surface area contributed by atoms with Crippen LogP contribution < -0.4 is 0 Å². The van der Waals surface area contributed by atoms with Gasteiger partial charge in [0.1, 0.15) is 5.60 Å². The first kappa shape index (κ1) is 16.7. The molecule has 2 spiro atoms. The van der Waals surface area contributed by atoms with Crippen molar-refractivity contribution in [3.8, 4) is 0 Å². The molecule has 0 aromatic carbocycles. The Morgan fingerprint density at radius 1 is 1.04 bits per heavy atom.